The fourth-order valence-corrected chi connectivity index (χ4v) is 0.639. The zero-order valence-electron chi connectivity index (χ0n) is 4.91. The van der Waals surface area contributed by atoms with Crippen molar-refractivity contribution >= 4 is 11.6 Å². The lowest BCUT2D eigenvalue weighted by atomic mass is 10.4. The van der Waals surface area contributed by atoms with Gasteiger partial charge in [-0.25, -0.2) is 8.78 Å². The van der Waals surface area contributed by atoms with Crippen molar-refractivity contribution in [1.29, 1.82) is 0 Å². The van der Waals surface area contributed by atoms with Gasteiger partial charge < -0.3 is 5.11 Å². The molecule has 1 rings (SSSR count). The molecule has 0 saturated heterocycles. The summed E-state index contributed by atoms with van der Waals surface area (Å²) in [7, 11) is 0. The summed E-state index contributed by atoms with van der Waals surface area (Å²) < 4.78 is 36.7. The molecule has 60 valence electrons. The van der Waals surface area contributed by atoms with Crippen LogP contribution in [0.3, 0.4) is 0 Å². The Morgan fingerprint density at radius 1 is 1.09 bits per heavy atom. The van der Waals surface area contributed by atoms with E-state index in [1.165, 1.54) is 0 Å². The molecule has 0 unspecified atom stereocenters. The Labute approximate surface area is 64.2 Å². The van der Waals surface area contributed by atoms with E-state index in [1.807, 2.05) is 0 Å². The third kappa shape index (κ3) is 1.23. The molecular weight excluding hydrogens is 183 g/mol. The van der Waals surface area contributed by atoms with Crippen molar-refractivity contribution in [3.05, 3.63) is 22.6 Å². The molecule has 1 aromatic rings. The van der Waals surface area contributed by atoms with Gasteiger partial charge in [0, 0.05) is 0 Å². The molecule has 0 fully saturated rings. The van der Waals surface area contributed by atoms with Crippen LogP contribution in [-0.4, -0.2) is 10.1 Å². The molecule has 1 aromatic heterocycles. The van der Waals surface area contributed by atoms with E-state index in [-0.39, 0.29) is 0 Å². The predicted molar refractivity (Wildman–Crippen MR) is 30.8 cm³/mol. The van der Waals surface area contributed by atoms with Crippen LogP contribution in [0.4, 0.5) is 13.2 Å². The Hall–Kier alpha value is -0.970. The van der Waals surface area contributed by atoms with E-state index < -0.39 is 28.5 Å². The van der Waals surface area contributed by atoms with Gasteiger partial charge in [-0.15, -0.1) is 0 Å². The molecule has 1 N–H and O–H groups in total. The van der Waals surface area contributed by atoms with Gasteiger partial charge in [-0.3, -0.25) is 0 Å². The lowest BCUT2D eigenvalue weighted by Gasteiger charge is -1.97. The van der Waals surface area contributed by atoms with E-state index in [0.717, 1.165) is 0 Å². The molecule has 6 heteroatoms. The quantitative estimate of drug-likeness (QED) is 0.623. The van der Waals surface area contributed by atoms with Gasteiger partial charge in [0.05, 0.1) is 0 Å². The number of halogens is 4. The van der Waals surface area contributed by atoms with Crippen LogP contribution < -0.4 is 0 Å². The summed E-state index contributed by atoms with van der Waals surface area (Å²) in [5.74, 6) is -6.44. The maximum atomic E-state index is 12.3. The normalized spacial score (nSPS) is 10.2. The zero-order valence-corrected chi connectivity index (χ0v) is 5.66. The second-order valence-electron chi connectivity index (χ2n) is 1.67. The molecule has 0 aromatic carbocycles. The molecule has 0 bridgehead atoms. The Morgan fingerprint density at radius 3 is 2.18 bits per heavy atom. The van der Waals surface area contributed by atoms with Gasteiger partial charge >= 0.3 is 0 Å². The number of aromatic hydroxyl groups is 1. The minimum atomic E-state index is -1.83. The molecule has 0 spiro atoms. The maximum absolute atomic E-state index is 12.3. The van der Waals surface area contributed by atoms with Crippen LogP contribution in [0.5, 0.6) is 5.88 Å². The fraction of sp³-hybridized carbons (Fsp3) is 0. The topological polar surface area (TPSA) is 33.1 Å². The maximum Gasteiger partial charge on any atom is 0.252 e. The summed E-state index contributed by atoms with van der Waals surface area (Å²) in [5.41, 5.74) is 0. The highest BCUT2D eigenvalue weighted by Gasteiger charge is 2.18. The molecule has 0 radical (unpaired) electrons. The molecule has 0 aliphatic rings. The SMILES string of the molecule is Oc1nc(Cl)c(F)c(F)c1F. The smallest absolute Gasteiger partial charge is 0.252 e. The van der Waals surface area contributed by atoms with Crippen LogP contribution in [0.1, 0.15) is 0 Å². The van der Waals surface area contributed by atoms with Crippen molar-refractivity contribution in [2.45, 2.75) is 0 Å². The van der Waals surface area contributed by atoms with Crippen LogP contribution in [-0.2, 0) is 0 Å². The molecule has 0 amide bonds. The summed E-state index contributed by atoms with van der Waals surface area (Å²) in [6.45, 7) is 0. The first-order valence-corrected chi connectivity index (χ1v) is 2.80. The van der Waals surface area contributed by atoms with Gasteiger partial charge in [-0.2, -0.15) is 9.37 Å². The molecule has 0 aliphatic heterocycles. The first kappa shape index (κ1) is 8.13. The Kier molecular flexibility index (Phi) is 1.90. The number of hydrogen-bond acceptors (Lipinski definition) is 2. The highest BCUT2D eigenvalue weighted by molar-refractivity contribution is 6.29. The third-order valence-electron chi connectivity index (χ3n) is 0.967. The number of pyridine rings is 1. The van der Waals surface area contributed by atoms with Crippen molar-refractivity contribution in [3.63, 3.8) is 0 Å². The second-order valence-corrected chi connectivity index (χ2v) is 2.03. The lowest BCUT2D eigenvalue weighted by Crippen LogP contribution is -1.95. The minimum Gasteiger partial charge on any atom is -0.491 e. The summed E-state index contributed by atoms with van der Waals surface area (Å²) in [6, 6.07) is 0. The minimum absolute atomic E-state index is 0.901. The Bertz CT molecular complexity index is 278. The predicted octanol–water partition coefficient (Wildman–Crippen LogP) is 1.86. The highest BCUT2D eigenvalue weighted by atomic mass is 35.5. The van der Waals surface area contributed by atoms with Crippen molar-refractivity contribution in [3.8, 4) is 5.88 Å². The van der Waals surface area contributed by atoms with Crippen molar-refractivity contribution in [2.24, 2.45) is 0 Å². The van der Waals surface area contributed by atoms with E-state index in [0.29, 0.717) is 0 Å². The van der Waals surface area contributed by atoms with Crippen molar-refractivity contribution in [2.75, 3.05) is 0 Å². The van der Waals surface area contributed by atoms with Gasteiger partial charge in [-0.05, 0) is 0 Å². The second kappa shape index (κ2) is 2.58. The van der Waals surface area contributed by atoms with E-state index in [4.69, 9.17) is 16.7 Å². The summed E-state index contributed by atoms with van der Waals surface area (Å²) >= 11 is 4.94. The molecular formula is C5HClF3NO. The zero-order chi connectivity index (χ0) is 8.59. The van der Waals surface area contributed by atoms with Gasteiger partial charge in [0.25, 0.3) is 5.88 Å². The summed E-state index contributed by atoms with van der Waals surface area (Å²) in [4.78, 5) is 2.76. The number of aromatic nitrogens is 1. The van der Waals surface area contributed by atoms with E-state index in [9.17, 15) is 13.2 Å². The largest absolute Gasteiger partial charge is 0.491 e. The fourth-order valence-electron chi connectivity index (χ4n) is 0.476. The molecule has 2 nitrogen and oxygen atoms in total. The number of hydrogen-bond donors (Lipinski definition) is 1. The van der Waals surface area contributed by atoms with Crippen LogP contribution in [0.15, 0.2) is 0 Å². The first-order valence-electron chi connectivity index (χ1n) is 2.43. The van der Waals surface area contributed by atoms with E-state index in [2.05, 4.69) is 4.98 Å². The van der Waals surface area contributed by atoms with Gasteiger partial charge in [0.1, 0.15) is 0 Å². The van der Waals surface area contributed by atoms with Crippen LogP contribution in [0.25, 0.3) is 0 Å². The number of rotatable bonds is 0. The van der Waals surface area contributed by atoms with Gasteiger partial charge in [0.2, 0.25) is 11.6 Å². The monoisotopic (exact) mass is 183 g/mol. The highest BCUT2D eigenvalue weighted by Crippen LogP contribution is 2.23. The lowest BCUT2D eigenvalue weighted by molar-refractivity contribution is 0.368. The Morgan fingerprint density at radius 2 is 1.64 bits per heavy atom. The van der Waals surface area contributed by atoms with Gasteiger partial charge in [-0.1, -0.05) is 11.6 Å². The van der Waals surface area contributed by atoms with Crippen LogP contribution in [0, 0.1) is 17.5 Å². The average Bonchev–Trinajstić information content (AvgIpc) is 1.97. The van der Waals surface area contributed by atoms with Crippen LogP contribution in [0.2, 0.25) is 5.15 Å². The van der Waals surface area contributed by atoms with E-state index in [1.54, 1.807) is 0 Å². The third-order valence-corrected chi connectivity index (χ3v) is 1.22. The molecule has 0 atom stereocenters. The Balaban J connectivity index is 3.46. The summed E-state index contributed by atoms with van der Waals surface area (Å²) in [5, 5.41) is 7.53. The standard InChI is InChI=1S/C5HClF3NO/c6-4-2(8)1(7)3(9)5(11)10-4/h(H,10,11). The molecule has 11 heavy (non-hydrogen) atoms. The first-order chi connectivity index (χ1) is 5.04. The average molecular weight is 184 g/mol. The van der Waals surface area contributed by atoms with Gasteiger partial charge in [0.15, 0.2) is 11.0 Å². The summed E-state index contributed by atoms with van der Waals surface area (Å²) in [6.07, 6.45) is 0. The molecule has 0 aliphatic carbocycles. The van der Waals surface area contributed by atoms with E-state index >= 15 is 0 Å². The van der Waals surface area contributed by atoms with Crippen LogP contribution >= 0.6 is 11.6 Å². The van der Waals surface area contributed by atoms with Crippen molar-refractivity contribution < 1.29 is 18.3 Å². The van der Waals surface area contributed by atoms with Crippen molar-refractivity contribution in [1.82, 2.24) is 4.98 Å². The number of nitrogens with zero attached hydrogens (tertiary/aromatic N) is 1. The molecule has 0 saturated carbocycles. The molecule has 1 heterocycles.